The van der Waals surface area contributed by atoms with Crippen LogP contribution in [0.2, 0.25) is 0 Å². The van der Waals surface area contributed by atoms with Crippen molar-refractivity contribution in [2.75, 3.05) is 11.8 Å². The lowest BCUT2D eigenvalue weighted by Gasteiger charge is -2.11. The molecule has 0 radical (unpaired) electrons. The maximum absolute atomic E-state index is 12.8. The van der Waals surface area contributed by atoms with E-state index in [1.807, 2.05) is 6.07 Å². The summed E-state index contributed by atoms with van der Waals surface area (Å²) in [5.74, 6) is 0.344. The first-order valence-electron chi connectivity index (χ1n) is 7.89. The van der Waals surface area contributed by atoms with Gasteiger partial charge in [0.1, 0.15) is 0 Å². The van der Waals surface area contributed by atoms with Gasteiger partial charge in [0.25, 0.3) is 11.6 Å². The van der Waals surface area contributed by atoms with E-state index >= 15 is 0 Å². The van der Waals surface area contributed by atoms with Gasteiger partial charge in [-0.3, -0.25) is 14.9 Å². The molecule has 0 aromatic heterocycles. The number of nitro benzene ring substituents is 1. The fourth-order valence-corrected chi connectivity index (χ4v) is 3.23. The van der Waals surface area contributed by atoms with Gasteiger partial charge in [-0.25, -0.2) is 0 Å². The highest BCUT2D eigenvalue weighted by atomic mass is 79.9. The van der Waals surface area contributed by atoms with Crippen molar-refractivity contribution in [2.45, 2.75) is 6.92 Å². The number of rotatable bonds is 3. The Morgan fingerprint density at radius 2 is 2.00 bits per heavy atom. The summed E-state index contributed by atoms with van der Waals surface area (Å²) in [6, 6.07) is 9.95. The third-order valence-corrected chi connectivity index (χ3v) is 4.63. The van der Waals surface area contributed by atoms with Crippen LogP contribution >= 0.6 is 15.9 Å². The molecule has 0 saturated heterocycles. The summed E-state index contributed by atoms with van der Waals surface area (Å²) in [4.78, 5) is 23.8. The second kappa shape index (κ2) is 6.51. The van der Waals surface area contributed by atoms with Crippen LogP contribution in [0.25, 0.3) is 6.08 Å². The van der Waals surface area contributed by atoms with Crippen molar-refractivity contribution in [3.63, 3.8) is 0 Å². The monoisotopic (exact) mass is 429 g/mol. The van der Waals surface area contributed by atoms with E-state index in [9.17, 15) is 14.9 Å². The molecule has 136 valence electrons. The highest BCUT2D eigenvalue weighted by molar-refractivity contribution is 9.10. The second-order valence-electron chi connectivity index (χ2n) is 5.86. The van der Waals surface area contributed by atoms with Gasteiger partial charge in [-0.15, -0.1) is 0 Å². The molecule has 2 heterocycles. The molecular weight excluding hydrogens is 418 g/mol. The molecule has 2 aromatic carbocycles. The van der Waals surface area contributed by atoms with Gasteiger partial charge in [-0.2, -0.15) is 10.1 Å². The number of carbonyl (C=O) groups is 1. The van der Waals surface area contributed by atoms with E-state index < -0.39 is 4.92 Å². The van der Waals surface area contributed by atoms with E-state index in [-0.39, 0.29) is 29.5 Å². The maximum Gasteiger partial charge on any atom is 0.280 e. The van der Waals surface area contributed by atoms with E-state index in [0.29, 0.717) is 22.9 Å². The molecular formula is C18H12BrN3O5. The first kappa shape index (κ1) is 17.2. The van der Waals surface area contributed by atoms with Crippen LogP contribution < -0.4 is 14.5 Å². The lowest BCUT2D eigenvalue weighted by molar-refractivity contribution is -0.385. The number of nitro groups is 1. The molecule has 0 unspecified atom stereocenters. The highest BCUT2D eigenvalue weighted by Gasteiger charge is 2.30. The summed E-state index contributed by atoms with van der Waals surface area (Å²) in [6.07, 6.45) is 1.46. The smallest absolute Gasteiger partial charge is 0.280 e. The lowest BCUT2D eigenvalue weighted by Crippen LogP contribution is -2.21. The van der Waals surface area contributed by atoms with Gasteiger partial charge in [-0.05, 0) is 37.3 Å². The summed E-state index contributed by atoms with van der Waals surface area (Å²) in [6.45, 7) is 1.68. The average molecular weight is 430 g/mol. The van der Waals surface area contributed by atoms with Crippen molar-refractivity contribution in [1.82, 2.24) is 0 Å². The quantitative estimate of drug-likeness (QED) is 0.418. The molecule has 0 spiro atoms. The number of hydrazone groups is 1. The van der Waals surface area contributed by atoms with Crippen molar-refractivity contribution in [3.05, 3.63) is 62.1 Å². The molecule has 2 aromatic rings. The zero-order valence-electron chi connectivity index (χ0n) is 14.0. The number of fused-ring (bicyclic) bond motifs is 1. The molecule has 2 aliphatic rings. The molecule has 9 heteroatoms. The number of benzene rings is 2. The number of nitrogens with zero attached hydrogens (tertiary/aromatic N) is 3. The van der Waals surface area contributed by atoms with Gasteiger partial charge in [0.15, 0.2) is 11.5 Å². The van der Waals surface area contributed by atoms with Gasteiger partial charge in [0.05, 0.1) is 33.5 Å². The molecule has 4 rings (SSSR count). The van der Waals surface area contributed by atoms with E-state index in [4.69, 9.17) is 9.47 Å². The van der Waals surface area contributed by atoms with Crippen molar-refractivity contribution >= 4 is 45.0 Å². The maximum atomic E-state index is 12.8. The van der Waals surface area contributed by atoms with Gasteiger partial charge in [0, 0.05) is 4.47 Å². The van der Waals surface area contributed by atoms with Crippen molar-refractivity contribution in [1.29, 1.82) is 0 Å². The van der Waals surface area contributed by atoms with Gasteiger partial charge in [-0.1, -0.05) is 22.0 Å². The van der Waals surface area contributed by atoms with E-state index in [1.54, 1.807) is 25.1 Å². The average Bonchev–Trinajstić information content (AvgIpc) is 3.20. The third-order valence-electron chi connectivity index (χ3n) is 4.13. The zero-order valence-corrected chi connectivity index (χ0v) is 15.6. The molecule has 0 fully saturated rings. The number of anilines is 1. The number of ether oxygens (including phenoxy) is 2. The van der Waals surface area contributed by atoms with Crippen LogP contribution in [0, 0.1) is 10.1 Å². The topological polar surface area (TPSA) is 94.3 Å². The summed E-state index contributed by atoms with van der Waals surface area (Å²) < 4.78 is 11.3. The molecule has 2 aliphatic heterocycles. The zero-order chi connectivity index (χ0) is 19.1. The van der Waals surface area contributed by atoms with Crippen LogP contribution in [-0.2, 0) is 4.79 Å². The van der Waals surface area contributed by atoms with Crippen LogP contribution in [0.1, 0.15) is 12.5 Å². The van der Waals surface area contributed by atoms with Crippen LogP contribution in [0.4, 0.5) is 11.4 Å². The van der Waals surface area contributed by atoms with E-state index in [2.05, 4.69) is 21.0 Å². The fraction of sp³-hybridized carbons (Fsp3) is 0.111. The Kier molecular flexibility index (Phi) is 4.15. The number of halogens is 1. The summed E-state index contributed by atoms with van der Waals surface area (Å²) >= 11 is 3.37. The highest BCUT2D eigenvalue weighted by Crippen LogP contribution is 2.39. The lowest BCUT2D eigenvalue weighted by atomic mass is 10.0. The van der Waals surface area contributed by atoms with Crippen molar-refractivity contribution in [3.8, 4) is 11.5 Å². The number of carbonyl (C=O) groups excluding carboxylic acids is 1. The van der Waals surface area contributed by atoms with E-state index in [1.165, 1.54) is 23.2 Å². The molecule has 0 saturated carbocycles. The largest absolute Gasteiger partial charge is 0.454 e. The molecule has 0 atom stereocenters. The Hall–Kier alpha value is -3.20. The van der Waals surface area contributed by atoms with Crippen LogP contribution in [-0.4, -0.2) is 23.3 Å². The molecule has 8 nitrogen and oxygen atoms in total. The Bertz CT molecular complexity index is 1050. The number of hydrogen-bond donors (Lipinski definition) is 0. The first-order chi connectivity index (χ1) is 12.9. The predicted octanol–water partition coefficient (Wildman–Crippen LogP) is 3.89. The van der Waals surface area contributed by atoms with Crippen LogP contribution in [0.15, 0.2) is 51.5 Å². The fourth-order valence-electron chi connectivity index (χ4n) is 2.84. The summed E-state index contributed by atoms with van der Waals surface area (Å²) in [7, 11) is 0. The molecule has 0 N–H and O–H groups in total. The summed E-state index contributed by atoms with van der Waals surface area (Å²) in [5.41, 5.74) is 1.41. The van der Waals surface area contributed by atoms with E-state index in [0.717, 1.165) is 4.47 Å². The van der Waals surface area contributed by atoms with Gasteiger partial charge < -0.3 is 9.47 Å². The minimum Gasteiger partial charge on any atom is -0.454 e. The number of hydrogen-bond acceptors (Lipinski definition) is 6. The summed E-state index contributed by atoms with van der Waals surface area (Å²) in [5, 5.41) is 17.0. The van der Waals surface area contributed by atoms with Crippen molar-refractivity contribution < 1.29 is 19.2 Å². The third kappa shape index (κ3) is 3.06. The molecule has 27 heavy (non-hydrogen) atoms. The minimum atomic E-state index is -0.521. The Labute approximate surface area is 162 Å². The normalized spacial score (nSPS) is 16.8. The Morgan fingerprint density at radius 1 is 1.26 bits per heavy atom. The van der Waals surface area contributed by atoms with Crippen LogP contribution in [0.5, 0.6) is 11.5 Å². The standard InChI is InChI=1S/C18H12BrN3O5/c1-10-14(18(23)21(20-10)13-4-2-3-12(19)7-13)5-11-6-16-17(27-9-26-16)8-15(11)22(24)25/h2-8H,9H2,1H3/b14-5+. The molecule has 0 bridgehead atoms. The SMILES string of the molecule is CC1=NN(c2cccc(Br)c2)C(=O)/C1=C/c1cc2c(cc1[N+](=O)[O-])OCO2. The number of amides is 1. The Morgan fingerprint density at radius 3 is 2.70 bits per heavy atom. The predicted molar refractivity (Wildman–Crippen MR) is 102 cm³/mol. The van der Waals surface area contributed by atoms with Gasteiger partial charge in [0.2, 0.25) is 6.79 Å². The second-order valence-corrected chi connectivity index (χ2v) is 6.78. The van der Waals surface area contributed by atoms with Gasteiger partial charge >= 0.3 is 0 Å². The minimum absolute atomic E-state index is 0.00257. The molecule has 0 aliphatic carbocycles. The van der Waals surface area contributed by atoms with Crippen LogP contribution in [0.3, 0.4) is 0 Å². The van der Waals surface area contributed by atoms with Crippen molar-refractivity contribution in [2.24, 2.45) is 5.10 Å². The first-order valence-corrected chi connectivity index (χ1v) is 8.68. The Balaban J connectivity index is 1.76. The molecule has 1 amide bonds.